The van der Waals surface area contributed by atoms with Gasteiger partial charge in [-0.15, -0.1) is 0 Å². The minimum atomic E-state index is -0.746. The highest BCUT2D eigenvalue weighted by molar-refractivity contribution is 6.14. The number of nitrogens with one attached hydrogen (secondary N) is 2. The first-order chi connectivity index (χ1) is 12.6. The van der Waals surface area contributed by atoms with Gasteiger partial charge in [-0.25, -0.2) is 14.6 Å². The Labute approximate surface area is 152 Å². The maximum atomic E-state index is 11.9. The van der Waals surface area contributed by atoms with E-state index in [2.05, 4.69) is 15.8 Å². The molecule has 0 saturated carbocycles. The zero-order valence-corrected chi connectivity index (χ0v) is 15.2. The van der Waals surface area contributed by atoms with Gasteiger partial charge in [0.15, 0.2) is 5.57 Å². The smallest absolute Gasteiger partial charge is 0.347 e. The van der Waals surface area contributed by atoms with E-state index in [0.29, 0.717) is 12.5 Å². The molecular weight excluding hydrogens is 336 g/mol. The quantitative estimate of drug-likeness (QED) is 0.249. The molecule has 0 bridgehead atoms. The third-order valence-corrected chi connectivity index (χ3v) is 3.58. The van der Waals surface area contributed by atoms with Crippen LogP contribution in [0.3, 0.4) is 0 Å². The number of aryl methyl sites for hydroxylation is 1. The van der Waals surface area contributed by atoms with Crippen LogP contribution in [0, 0.1) is 6.92 Å². The molecule has 0 spiro atoms. The van der Waals surface area contributed by atoms with Crippen molar-refractivity contribution in [1.82, 2.24) is 10.9 Å². The molecule has 1 aromatic rings. The lowest BCUT2D eigenvalue weighted by Crippen LogP contribution is -2.44. The van der Waals surface area contributed by atoms with Crippen LogP contribution >= 0.6 is 0 Å². The van der Waals surface area contributed by atoms with Crippen LogP contribution in [-0.4, -0.2) is 44.2 Å². The fraction of sp³-hybridized carbons (Fsp3) is 0.389. The summed E-state index contributed by atoms with van der Waals surface area (Å²) in [5, 5.41) is 0. The van der Waals surface area contributed by atoms with E-state index in [1.54, 1.807) is 13.8 Å². The summed E-state index contributed by atoms with van der Waals surface area (Å²) in [6, 6.07) is 8.07. The molecule has 1 heterocycles. The third-order valence-electron chi connectivity index (χ3n) is 3.58. The number of carbonyl (C=O) groups is 2. The average molecular weight is 360 g/mol. The Morgan fingerprint density at radius 3 is 2.35 bits per heavy atom. The standard InChI is InChI=1S/C18H24N4O4/c1-4-25-16(23)15(17(24)26-5-2)12-20-21-18-19-10-11-22(18)14-8-6-13(3)7-9-14/h6-9,12,20H,4-5,10-11H2,1-3H3,(H,19,21). The van der Waals surface area contributed by atoms with E-state index in [1.807, 2.05) is 36.1 Å². The Bertz CT molecular complexity index is 678. The Balaban J connectivity index is 2.04. The number of hydrazine groups is 1. The van der Waals surface area contributed by atoms with E-state index in [4.69, 9.17) is 9.47 Å². The molecule has 2 N–H and O–H groups in total. The van der Waals surface area contributed by atoms with Gasteiger partial charge in [0.2, 0.25) is 5.96 Å². The van der Waals surface area contributed by atoms with Gasteiger partial charge in [-0.2, -0.15) is 0 Å². The fourth-order valence-corrected chi connectivity index (χ4v) is 2.32. The zero-order chi connectivity index (χ0) is 18.9. The summed E-state index contributed by atoms with van der Waals surface area (Å²) in [7, 11) is 0. The molecule has 140 valence electrons. The number of anilines is 1. The predicted molar refractivity (Wildman–Crippen MR) is 98.4 cm³/mol. The van der Waals surface area contributed by atoms with Gasteiger partial charge in [-0.05, 0) is 32.9 Å². The number of hydrogen-bond donors (Lipinski definition) is 2. The van der Waals surface area contributed by atoms with Crippen LogP contribution in [0.15, 0.2) is 41.0 Å². The first-order valence-corrected chi connectivity index (χ1v) is 8.51. The lowest BCUT2D eigenvalue weighted by Gasteiger charge is -2.21. The van der Waals surface area contributed by atoms with Crippen molar-refractivity contribution >= 4 is 23.6 Å². The number of rotatable bonds is 7. The van der Waals surface area contributed by atoms with E-state index in [9.17, 15) is 9.59 Å². The topological polar surface area (TPSA) is 92.3 Å². The van der Waals surface area contributed by atoms with Crippen LogP contribution in [0.2, 0.25) is 0 Å². The van der Waals surface area contributed by atoms with Crippen LogP contribution in [0.25, 0.3) is 0 Å². The number of aliphatic imine (C=N–C) groups is 1. The van der Waals surface area contributed by atoms with Crippen molar-refractivity contribution in [2.24, 2.45) is 4.99 Å². The summed E-state index contributed by atoms with van der Waals surface area (Å²) in [5.41, 5.74) is 7.59. The summed E-state index contributed by atoms with van der Waals surface area (Å²) in [4.78, 5) is 30.2. The largest absolute Gasteiger partial charge is 0.462 e. The van der Waals surface area contributed by atoms with Crippen molar-refractivity contribution in [3.63, 3.8) is 0 Å². The summed E-state index contributed by atoms with van der Waals surface area (Å²) in [5.74, 6) is -0.898. The van der Waals surface area contributed by atoms with Crippen molar-refractivity contribution in [3.8, 4) is 0 Å². The van der Waals surface area contributed by atoms with E-state index in [-0.39, 0.29) is 18.8 Å². The van der Waals surface area contributed by atoms with Gasteiger partial charge in [-0.1, -0.05) is 17.7 Å². The SMILES string of the molecule is CCOC(=O)C(=CNNC1=NCCN1c1ccc(C)cc1)C(=O)OCC. The number of esters is 2. The summed E-state index contributed by atoms with van der Waals surface area (Å²) >= 11 is 0. The Morgan fingerprint density at radius 2 is 1.77 bits per heavy atom. The molecule has 1 aliphatic rings. The molecule has 1 aromatic carbocycles. The van der Waals surface area contributed by atoms with E-state index in [1.165, 1.54) is 11.8 Å². The number of benzene rings is 1. The van der Waals surface area contributed by atoms with Crippen LogP contribution in [0.1, 0.15) is 19.4 Å². The van der Waals surface area contributed by atoms with Gasteiger partial charge < -0.3 is 19.8 Å². The Kier molecular flexibility index (Phi) is 7.02. The van der Waals surface area contributed by atoms with Crippen molar-refractivity contribution in [1.29, 1.82) is 0 Å². The minimum Gasteiger partial charge on any atom is -0.462 e. The average Bonchev–Trinajstić information content (AvgIpc) is 3.08. The number of carbonyl (C=O) groups excluding carboxylic acids is 2. The number of nitrogens with zero attached hydrogens (tertiary/aromatic N) is 2. The van der Waals surface area contributed by atoms with Gasteiger partial charge in [0.1, 0.15) is 0 Å². The molecule has 0 radical (unpaired) electrons. The highest BCUT2D eigenvalue weighted by Crippen LogP contribution is 2.17. The lowest BCUT2D eigenvalue weighted by molar-refractivity contribution is -0.146. The van der Waals surface area contributed by atoms with E-state index >= 15 is 0 Å². The predicted octanol–water partition coefficient (Wildman–Crippen LogP) is 1.28. The van der Waals surface area contributed by atoms with Gasteiger partial charge >= 0.3 is 11.9 Å². The van der Waals surface area contributed by atoms with Crippen molar-refractivity contribution in [2.75, 3.05) is 31.2 Å². The summed E-state index contributed by atoms with van der Waals surface area (Å²) in [6.45, 7) is 7.06. The van der Waals surface area contributed by atoms with Crippen LogP contribution in [0.5, 0.6) is 0 Å². The van der Waals surface area contributed by atoms with Gasteiger partial charge in [0.25, 0.3) is 0 Å². The van der Waals surface area contributed by atoms with Crippen molar-refractivity contribution in [2.45, 2.75) is 20.8 Å². The summed E-state index contributed by atoms with van der Waals surface area (Å²) < 4.78 is 9.76. The van der Waals surface area contributed by atoms with Crippen LogP contribution in [0.4, 0.5) is 5.69 Å². The van der Waals surface area contributed by atoms with Gasteiger partial charge in [0.05, 0.1) is 19.8 Å². The molecule has 8 nitrogen and oxygen atoms in total. The first-order valence-electron chi connectivity index (χ1n) is 8.51. The second-order valence-electron chi connectivity index (χ2n) is 5.46. The van der Waals surface area contributed by atoms with E-state index in [0.717, 1.165) is 12.2 Å². The summed E-state index contributed by atoms with van der Waals surface area (Å²) in [6.07, 6.45) is 1.23. The molecule has 0 atom stereocenters. The first kappa shape index (κ1) is 19.3. The third kappa shape index (κ3) is 4.98. The molecule has 0 amide bonds. The molecule has 1 aliphatic heterocycles. The molecule has 26 heavy (non-hydrogen) atoms. The maximum absolute atomic E-state index is 11.9. The molecule has 2 rings (SSSR count). The van der Waals surface area contributed by atoms with Gasteiger partial charge in [-0.3, -0.25) is 5.43 Å². The monoisotopic (exact) mass is 360 g/mol. The molecule has 0 fully saturated rings. The van der Waals surface area contributed by atoms with Crippen molar-refractivity contribution in [3.05, 3.63) is 41.6 Å². The second-order valence-corrected chi connectivity index (χ2v) is 5.46. The number of guanidine groups is 1. The second kappa shape index (κ2) is 9.45. The lowest BCUT2D eigenvalue weighted by atomic mass is 10.2. The highest BCUT2D eigenvalue weighted by atomic mass is 16.6. The molecule has 8 heteroatoms. The minimum absolute atomic E-state index is 0.164. The maximum Gasteiger partial charge on any atom is 0.347 e. The fourth-order valence-electron chi connectivity index (χ4n) is 2.32. The molecule has 0 saturated heterocycles. The van der Waals surface area contributed by atoms with Gasteiger partial charge in [0, 0.05) is 18.4 Å². The highest BCUT2D eigenvalue weighted by Gasteiger charge is 2.22. The molecule has 0 aliphatic carbocycles. The molecule has 0 aromatic heterocycles. The van der Waals surface area contributed by atoms with Crippen LogP contribution in [-0.2, 0) is 19.1 Å². The van der Waals surface area contributed by atoms with E-state index < -0.39 is 11.9 Å². The molecular formula is C18H24N4O4. The normalized spacial score (nSPS) is 12.9. The van der Waals surface area contributed by atoms with Crippen LogP contribution < -0.4 is 15.8 Å². The Morgan fingerprint density at radius 1 is 1.15 bits per heavy atom. The molecule has 0 unspecified atom stereocenters. The number of hydrogen-bond acceptors (Lipinski definition) is 8. The Hall–Kier alpha value is -3.03. The zero-order valence-electron chi connectivity index (χ0n) is 15.2. The number of ether oxygens (including phenoxy) is 2. The van der Waals surface area contributed by atoms with Crippen molar-refractivity contribution < 1.29 is 19.1 Å².